The molecule has 0 aliphatic carbocycles. The number of hydrogen-bond acceptors (Lipinski definition) is 5. The number of thioether (sulfide) groups is 2. The molecule has 2 aromatic rings. The van der Waals surface area contributed by atoms with Crippen LogP contribution in [0.5, 0.6) is 0 Å². The lowest BCUT2D eigenvalue weighted by Gasteiger charge is -2.12. The van der Waals surface area contributed by atoms with Crippen LogP contribution in [0.15, 0.2) is 58.3 Å². The van der Waals surface area contributed by atoms with Crippen LogP contribution >= 0.6 is 35.3 Å². The van der Waals surface area contributed by atoms with Gasteiger partial charge in [-0.05, 0) is 29.7 Å². The van der Waals surface area contributed by atoms with E-state index in [0.29, 0.717) is 5.75 Å². The van der Waals surface area contributed by atoms with Crippen molar-refractivity contribution in [3.8, 4) is 0 Å². The predicted octanol–water partition coefficient (Wildman–Crippen LogP) is 4.13. The number of nitrogens with two attached hydrogens (primary N) is 2. The molecule has 0 atom stereocenters. The number of benzene rings is 2. The summed E-state index contributed by atoms with van der Waals surface area (Å²) in [5.41, 5.74) is 13.3. The van der Waals surface area contributed by atoms with E-state index in [9.17, 15) is 0 Å². The van der Waals surface area contributed by atoms with Gasteiger partial charge in [-0.15, -0.1) is 0 Å². The van der Waals surface area contributed by atoms with Crippen LogP contribution in [0.25, 0.3) is 0 Å². The molecule has 0 saturated carbocycles. The molecule has 0 aromatic heterocycles. The van der Waals surface area contributed by atoms with Crippen LogP contribution in [-0.2, 0) is 12.2 Å². The van der Waals surface area contributed by atoms with Crippen molar-refractivity contribution in [1.29, 1.82) is 10.8 Å². The van der Waals surface area contributed by atoms with Crippen molar-refractivity contribution in [2.24, 2.45) is 11.5 Å². The molecule has 24 heavy (non-hydrogen) atoms. The van der Waals surface area contributed by atoms with Crippen molar-refractivity contribution in [2.75, 3.05) is 5.75 Å². The third kappa shape index (κ3) is 6.14. The van der Waals surface area contributed by atoms with Gasteiger partial charge in [0.25, 0.3) is 0 Å². The van der Waals surface area contributed by atoms with Gasteiger partial charge in [-0.2, -0.15) is 0 Å². The summed E-state index contributed by atoms with van der Waals surface area (Å²) in [4.78, 5) is 2.39. The Kier molecular flexibility index (Phi) is 7.55. The Bertz CT molecular complexity index is 718. The predicted molar refractivity (Wildman–Crippen MR) is 108 cm³/mol. The highest BCUT2D eigenvalue weighted by Gasteiger charge is 2.08. The van der Waals surface area contributed by atoms with E-state index in [1.165, 1.54) is 44.4 Å². The molecular formula is C17H20N4S3. The molecule has 0 bridgehead atoms. The summed E-state index contributed by atoms with van der Waals surface area (Å²) in [5.74, 6) is 1.50. The Labute approximate surface area is 155 Å². The van der Waals surface area contributed by atoms with Crippen LogP contribution in [0.2, 0.25) is 0 Å². The van der Waals surface area contributed by atoms with Gasteiger partial charge >= 0.3 is 0 Å². The lowest BCUT2D eigenvalue weighted by Crippen LogP contribution is -2.05. The highest BCUT2D eigenvalue weighted by Crippen LogP contribution is 2.34. The molecule has 0 fully saturated rings. The topological polar surface area (TPSA) is 99.7 Å². The molecule has 0 spiro atoms. The van der Waals surface area contributed by atoms with Crippen LogP contribution in [0.4, 0.5) is 0 Å². The Morgan fingerprint density at radius 3 is 1.96 bits per heavy atom. The molecule has 0 amide bonds. The quantitative estimate of drug-likeness (QED) is 0.430. The maximum atomic E-state index is 7.38. The first kappa shape index (κ1) is 18.8. The highest BCUT2D eigenvalue weighted by atomic mass is 32.2. The van der Waals surface area contributed by atoms with Gasteiger partial charge < -0.3 is 11.5 Å². The van der Waals surface area contributed by atoms with Gasteiger partial charge in [0.15, 0.2) is 10.3 Å². The zero-order valence-electron chi connectivity index (χ0n) is 13.1. The Balaban J connectivity index is 2.13. The lowest BCUT2D eigenvalue weighted by molar-refractivity contribution is 1.10. The molecule has 0 radical (unpaired) electrons. The highest BCUT2D eigenvalue weighted by molar-refractivity contribution is 8.13. The van der Waals surface area contributed by atoms with Gasteiger partial charge in [0.05, 0.1) is 0 Å². The fraction of sp³-hybridized carbons (Fsp3) is 0.176. The lowest BCUT2D eigenvalue weighted by atomic mass is 10.2. The molecule has 0 unspecified atom stereocenters. The van der Waals surface area contributed by atoms with E-state index in [0.717, 1.165) is 12.2 Å². The van der Waals surface area contributed by atoms with Gasteiger partial charge in [-0.3, -0.25) is 10.8 Å². The van der Waals surface area contributed by atoms with Crippen LogP contribution in [-0.4, -0.2) is 16.1 Å². The fourth-order valence-corrected chi connectivity index (χ4v) is 4.38. The van der Waals surface area contributed by atoms with E-state index in [2.05, 4.69) is 24.3 Å². The van der Waals surface area contributed by atoms with E-state index in [4.69, 9.17) is 22.3 Å². The average molecular weight is 377 g/mol. The van der Waals surface area contributed by atoms with E-state index >= 15 is 0 Å². The normalized spacial score (nSPS) is 10.5. The van der Waals surface area contributed by atoms with Gasteiger partial charge in [0.1, 0.15) is 0 Å². The maximum Gasteiger partial charge on any atom is 0.151 e. The van der Waals surface area contributed by atoms with Crippen LogP contribution in [0, 0.1) is 10.8 Å². The molecule has 0 aliphatic rings. The molecule has 6 N–H and O–H groups in total. The molecule has 4 nitrogen and oxygen atoms in total. The third-order valence-electron chi connectivity index (χ3n) is 3.18. The minimum atomic E-state index is 0.136. The molecule has 0 saturated heterocycles. The largest absolute Gasteiger partial charge is 0.379 e. The standard InChI is InChI=1S/C17H20N4S3/c18-16(19)22-10-9-12-5-1-3-7-14(12)24-15-8-4-2-6-13(15)11-23-17(20)21/h1-8H,9-11H2,(H3,18,19)(H3,20,21). The summed E-state index contributed by atoms with van der Waals surface area (Å²) in [6, 6.07) is 16.5. The van der Waals surface area contributed by atoms with Crippen molar-refractivity contribution < 1.29 is 0 Å². The number of hydrogen-bond donors (Lipinski definition) is 4. The summed E-state index contributed by atoms with van der Waals surface area (Å²) >= 11 is 4.44. The number of aryl methyl sites for hydroxylation is 1. The monoisotopic (exact) mass is 376 g/mol. The van der Waals surface area contributed by atoms with Crippen LogP contribution < -0.4 is 11.5 Å². The second kappa shape index (κ2) is 9.66. The Morgan fingerprint density at radius 1 is 0.792 bits per heavy atom. The van der Waals surface area contributed by atoms with Crippen molar-refractivity contribution in [3.63, 3.8) is 0 Å². The van der Waals surface area contributed by atoms with Gasteiger partial charge in [0.2, 0.25) is 0 Å². The maximum absolute atomic E-state index is 7.38. The van der Waals surface area contributed by atoms with E-state index in [-0.39, 0.29) is 10.3 Å². The van der Waals surface area contributed by atoms with Crippen molar-refractivity contribution in [3.05, 3.63) is 59.7 Å². The van der Waals surface area contributed by atoms with E-state index < -0.39 is 0 Å². The van der Waals surface area contributed by atoms with Crippen molar-refractivity contribution in [2.45, 2.75) is 22.0 Å². The number of nitrogens with one attached hydrogen (secondary N) is 2. The average Bonchev–Trinajstić information content (AvgIpc) is 2.55. The summed E-state index contributed by atoms with van der Waals surface area (Å²) in [5, 5.41) is 15.0. The number of rotatable bonds is 7. The number of amidine groups is 2. The minimum absolute atomic E-state index is 0.136. The summed E-state index contributed by atoms with van der Waals surface area (Å²) in [6.45, 7) is 0. The van der Waals surface area contributed by atoms with Crippen LogP contribution in [0.1, 0.15) is 11.1 Å². The van der Waals surface area contributed by atoms with Gasteiger partial charge in [-0.1, -0.05) is 71.7 Å². The SMILES string of the molecule is N=C(N)SCCc1ccccc1Sc1ccccc1CSC(=N)N. The van der Waals surface area contributed by atoms with E-state index in [1.54, 1.807) is 11.8 Å². The molecule has 126 valence electrons. The first-order chi connectivity index (χ1) is 11.6. The Hall–Kier alpha value is -1.57. The summed E-state index contributed by atoms with van der Waals surface area (Å²) in [7, 11) is 0. The van der Waals surface area contributed by atoms with E-state index in [1.807, 2.05) is 24.3 Å². The minimum Gasteiger partial charge on any atom is -0.379 e. The first-order valence-corrected chi connectivity index (χ1v) is 10.1. The molecular weight excluding hydrogens is 356 g/mol. The van der Waals surface area contributed by atoms with Gasteiger partial charge in [-0.25, -0.2) is 0 Å². The first-order valence-electron chi connectivity index (χ1n) is 7.33. The zero-order chi connectivity index (χ0) is 17.4. The molecule has 2 rings (SSSR count). The summed E-state index contributed by atoms with van der Waals surface area (Å²) in [6.07, 6.45) is 0.873. The van der Waals surface area contributed by atoms with Crippen molar-refractivity contribution >= 4 is 45.6 Å². The molecule has 0 aliphatic heterocycles. The van der Waals surface area contributed by atoms with Crippen LogP contribution in [0.3, 0.4) is 0 Å². The molecule has 7 heteroatoms. The second-order valence-electron chi connectivity index (χ2n) is 4.93. The van der Waals surface area contributed by atoms with Crippen molar-refractivity contribution in [1.82, 2.24) is 0 Å². The smallest absolute Gasteiger partial charge is 0.151 e. The Morgan fingerprint density at radius 2 is 1.33 bits per heavy atom. The second-order valence-corrected chi connectivity index (χ2v) is 8.17. The third-order valence-corrected chi connectivity index (χ3v) is 5.90. The van der Waals surface area contributed by atoms with Gasteiger partial charge in [0, 0.05) is 21.3 Å². The molecule has 2 aromatic carbocycles. The summed E-state index contributed by atoms with van der Waals surface area (Å²) < 4.78 is 0. The molecule has 0 heterocycles. The fourth-order valence-electron chi connectivity index (χ4n) is 2.08. The zero-order valence-corrected chi connectivity index (χ0v) is 15.6.